The summed E-state index contributed by atoms with van der Waals surface area (Å²) < 4.78 is 10.3. The first-order valence-electron chi connectivity index (χ1n) is 5.77. The van der Waals surface area contributed by atoms with Crippen molar-refractivity contribution in [3.05, 3.63) is 0 Å². The number of carbonyl (C=O) groups is 1. The van der Waals surface area contributed by atoms with E-state index in [2.05, 4.69) is 24.5 Å². The van der Waals surface area contributed by atoms with Crippen molar-refractivity contribution in [2.45, 2.75) is 32.4 Å². The van der Waals surface area contributed by atoms with E-state index < -0.39 is 0 Å². The summed E-state index contributed by atoms with van der Waals surface area (Å²) >= 11 is 0. The largest absolute Gasteiger partial charge is 0.383 e. The Bertz CT molecular complexity index is 215. The fourth-order valence-corrected chi connectivity index (χ4v) is 1.62. The minimum atomic E-state index is -0.133. The molecule has 0 aromatic heterocycles. The van der Waals surface area contributed by atoms with Crippen LogP contribution in [0.25, 0.3) is 0 Å². The van der Waals surface area contributed by atoms with Crippen LogP contribution < -0.4 is 10.6 Å². The summed E-state index contributed by atoms with van der Waals surface area (Å²) in [6.45, 7) is 6.00. The maximum absolute atomic E-state index is 11.7. The minimum absolute atomic E-state index is 0.0484. The molecule has 94 valence electrons. The highest BCUT2D eigenvalue weighted by Crippen LogP contribution is 2.04. The van der Waals surface area contributed by atoms with Crippen LogP contribution in [0.5, 0.6) is 0 Å². The Labute approximate surface area is 96.9 Å². The lowest BCUT2D eigenvalue weighted by atomic mass is 10.1. The van der Waals surface area contributed by atoms with Gasteiger partial charge in [-0.3, -0.25) is 0 Å². The van der Waals surface area contributed by atoms with Gasteiger partial charge in [-0.05, 0) is 12.3 Å². The molecule has 2 amide bonds. The molecule has 0 aliphatic carbocycles. The van der Waals surface area contributed by atoms with Gasteiger partial charge in [0.2, 0.25) is 0 Å². The molecule has 5 heteroatoms. The number of amides is 2. The van der Waals surface area contributed by atoms with E-state index in [0.29, 0.717) is 19.1 Å². The highest BCUT2D eigenvalue weighted by molar-refractivity contribution is 5.74. The molecule has 0 bridgehead atoms. The molecule has 0 aromatic rings. The molecule has 2 N–H and O–H groups in total. The molecule has 0 saturated carbocycles. The third-order valence-corrected chi connectivity index (χ3v) is 2.73. The molecule has 5 nitrogen and oxygen atoms in total. The Morgan fingerprint density at radius 3 is 2.81 bits per heavy atom. The zero-order valence-corrected chi connectivity index (χ0v) is 10.3. The number of ether oxygens (including phenoxy) is 2. The predicted molar refractivity (Wildman–Crippen MR) is 61.4 cm³/mol. The molecular weight excluding hydrogens is 208 g/mol. The summed E-state index contributed by atoms with van der Waals surface area (Å²) in [5.74, 6) is 0.352. The molecule has 1 aliphatic heterocycles. The molecule has 1 aliphatic rings. The Balaban J connectivity index is 2.29. The zero-order valence-electron chi connectivity index (χ0n) is 10.3. The highest BCUT2D eigenvalue weighted by Gasteiger charge is 2.20. The van der Waals surface area contributed by atoms with Gasteiger partial charge in [0, 0.05) is 13.7 Å². The van der Waals surface area contributed by atoms with Crippen molar-refractivity contribution in [3.63, 3.8) is 0 Å². The van der Waals surface area contributed by atoms with E-state index in [0.717, 1.165) is 13.0 Å². The number of hydrogen-bond donors (Lipinski definition) is 2. The lowest BCUT2D eigenvalue weighted by molar-refractivity contribution is 0.146. The number of carbonyl (C=O) groups excluding carboxylic acids is 1. The highest BCUT2D eigenvalue weighted by atomic mass is 16.5. The Morgan fingerprint density at radius 2 is 2.31 bits per heavy atom. The van der Waals surface area contributed by atoms with Crippen LogP contribution in [0.4, 0.5) is 4.79 Å². The minimum Gasteiger partial charge on any atom is -0.383 e. The Morgan fingerprint density at radius 1 is 1.56 bits per heavy atom. The fraction of sp³-hybridized carbons (Fsp3) is 0.909. The van der Waals surface area contributed by atoms with Crippen molar-refractivity contribution >= 4 is 6.03 Å². The third kappa shape index (κ3) is 4.37. The van der Waals surface area contributed by atoms with Crippen LogP contribution >= 0.6 is 0 Å². The molecule has 16 heavy (non-hydrogen) atoms. The fourth-order valence-electron chi connectivity index (χ4n) is 1.62. The van der Waals surface area contributed by atoms with Gasteiger partial charge in [-0.15, -0.1) is 0 Å². The molecule has 0 spiro atoms. The van der Waals surface area contributed by atoms with Crippen molar-refractivity contribution in [1.82, 2.24) is 10.6 Å². The molecule has 0 radical (unpaired) electrons. The first-order valence-corrected chi connectivity index (χ1v) is 5.77. The van der Waals surface area contributed by atoms with E-state index in [9.17, 15) is 4.79 Å². The quantitative estimate of drug-likeness (QED) is 0.732. The topological polar surface area (TPSA) is 59.6 Å². The monoisotopic (exact) mass is 230 g/mol. The van der Waals surface area contributed by atoms with E-state index >= 15 is 0 Å². The van der Waals surface area contributed by atoms with Gasteiger partial charge in [0.1, 0.15) is 0 Å². The summed E-state index contributed by atoms with van der Waals surface area (Å²) in [5, 5.41) is 5.81. The van der Waals surface area contributed by atoms with Gasteiger partial charge in [0.05, 0.1) is 25.3 Å². The zero-order chi connectivity index (χ0) is 12.0. The molecule has 2 atom stereocenters. The van der Waals surface area contributed by atoms with Crippen LogP contribution in [0.3, 0.4) is 0 Å². The first-order chi connectivity index (χ1) is 7.63. The van der Waals surface area contributed by atoms with Crippen LogP contribution in [0.2, 0.25) is 0 Å². The maximum atomic E-state index is 11.7. The van der Waals surface area contributed by atoms with Gasteiger partial charge in [-0.2, -0.15) is 0 Å². The second kappa shape index (κ2) is 6.70. The van der Waals surface area contributed by atoms with Crippen LogP contribution in [-0.2, 0) is 9.47 Å². The average molecular weight is 230 g/mol. The van der Waals surface area contributed by atoms with E-state index in [4.69, 9.17) is 9.47 Å². The van der Waals surface area contributed by atoms with Crippen LogP contribution in [0.1, 0.15) is 20.3 Å². The smallest absolute Gasteiger partial charge is 0.315 e. The van der Waals surface area contributed by atoms with Gasteiger partial charge in [-0.1, -0.05) is 13.8 Å². The van der Waals surface area contributed by atoms with Crippen molar-refractivity contribution in [2.75, 3.05) is 26.9 Å². The molecule has 0 aromatic carbocycles. The summed E-state index contributed by atoms with van der Waals surface area (Å²) in [6.07, 6.45) is 0.893. The molecule has 1 fully saturated rings. The van der Waals surface area contributed by atoms with Crippen molar-refractivity contribution in [1.29, 1.82) is 0 Å². The van der Waals surface area contributed by atoms with Crippen molar-refractivity contribution < 1.29 is 14.3 Å². The number of urea groups is 1. The second-order valence-corrected chi connectivity index (χ2v) is 4.48. The summed E-state index contributed by atoms with van der Waals surface area (Å²) in [4.78, 5) is 11.7. The van der Waals surface area contributed by atoms with Crippen molar-refractivity contribution in [3.8, 4) is 0 Å². The summed E-state index contributed by atoms with van der Waals surface area (Å²) in [7, 11) is 1.64. The van der Waals surface area contributed by atoms with Crippen LogP contribution in [0.15, 0.2) is 0 Å². The number of hydrogen-bond acceptors (Lipinski definition) is 3. The van der Waals surface area contributed by atoms with Gasteiger partial charge in [0.15, 0.2) is 0 Å². The lowest BCUT2D eigenvalue weighted by Gasteiger charge is -2.22. The molecule has 1 rings (SSSR count). The SMILES string of the molecule is COCC(NC(=O)NC1CCOC1)C(C)C. The standard InChI is InChI=1S/C11H22N2O3/c1-8(2)10(7-15-3)13-11(14)12-9-4-5-16-6-9/h8-10H,4-7H2,1-3H3,(H2,12,13,14). The van der Waals surface area contributed by atoms with Crippen LogP contribution in [0, 0.1) is 5.92 Å². The molecule has 1 heterocycles. The lowest BCUT2D eigenvalue weighted by Crippen LogP contribution is -2.49. The predicted octanol–water partition coefficient (Wildman–Crippen LogP) is 0.746. The number of nitrogens with one attached hydrogen (secondary N) is 2. The van der Waals surface area contributed by atoms with Gasteiger partial charge >= 0.3 is 6.03 Å². The van der Waals surface area contributed by atoms with Gasteiger partial charge < -0.3 is 20.1 Å². The normalized spacial score (nSPS) is 22.1. The van der Waals surface area contributed by atoms with E-state index in [-0.39, 0.29) is 18.1 Å². The van der Waals surface area contributed by atoms with Crippen LogP contribution in [-0.4, -0.2) is 45.0 Å². The number of methoxy groups -OCH3 is 1. The summed E-state index contributed by atoms with van der Waals surface area (Å²) in [6, 6.07) is 0.0638. The Kier molecular flexibility index (Phi) is 5.55. The first kappa shape index (κ1) is 13.3. The maximum Gasteiger partial charge on any atom is 0.315 e. The van der Waals surface area contributed by atoms with Gasteiger partial charge in [-0.25, -0.2) is 4.79 Å². The molecule has 1 saturated heterocycles. The van der Waals surface area contributed by atoms with E-state index in [1.807, 2.05) is 0 Å². The third-order valence-electron chi connectivity index (χ3n) is 2.73. The van der Waals surface area contributed by atoms with Gasteiger partial charge in [0.25, 0.3) is 0 Å². The van der Waals surface area contributed by atoms with Crippen molar-refractivity contribution in [2.24, 2.45) is 5.92 Å². The molecular formula is C11H22N2O3. The number of rotatable bonds is 5. The van der Waals surface area contributed by atoms with E-state index in [1.165, 1.54) is 0 Å². The average Bonchev–Trinajstić information content (AvgIpc) is 2.69. The summed E-state index contributed by atoms with van der Waals surface area (Å²) in [5.41, 5.74) is 0. The molecule has 2 unspecified atom stereocenters. The van der Waals surface area contributed by atoms with E-state index in [1.54, 1.807) is 7.11 Å². The second-order valence-electron chi connectivity index (χ2n) is 4.48. The Hall–Kier alpha value is -0.810.